The van der Waals surface area contributed by atoms with Gasteiger partial charge in [0.25, 0.3) is 0 Å². The molecule has 0 amide bonds. The van der Waals surface area contributed by atoms with Crippen molar-refractivity contribution in [2.45, 2.75) is 98.3 Å². The van der Waals surface area contributed by atoms with Crippen molar-refractivity contribution >= 4 is 5.97 Å². The summed E-state index contributed by atoms with van der Waals surface area (Å²) in [6.07, 6.45) is 12.1. The van der Waals surface area contributed by atoms with Crippen LogP contribution in [0.3, 0.4) is 0 Å². The lowest BCUT2D eigenvalue weighted by atomic mass is 10.0. The maximum absolute atomic E-state index is 10.1. The smallest absolute Gasteiger partial charge is 0.303 e. The van der Waals surface area contributed by atoms with Gasteiger partial charge in [0.05, 0.1) is 0 Å². The fourth-order valence-corrected chi connectivity index (χ4v) is 2.20. The zero-order valence-corrected chi connectivity index (χ0v) is 15.4. The first-order valence-corrected chi connectivity index (χ1v) is 9.22. The SMILES string of the molecule is CC(C)CCCCCCC(=O)O.CC(C)CCCCCCO. The molecule has 22 heavy (non-hydrogen) atoms. The summed E-state index contributed by atoms with van der Waals surface area (Å²) in [6, 6.07) is 0. The molecule has 2 N–H and O–H groups in total. The minimum atomic E-state index is -0.668. The summed E-state index contributed by atoms with van der Waals surface area (Å²) in [4.78, 5) is 10.1. The molecule has 0 aliphatic carbocycles. The lowest BCUT2D eigenvalue weighted by Crippen LogP contribution is -1.94. The van der Waals surface area contributed by atoms with E-state index in [1.165, 1.54) is 44.9 Å². The van der Waals surface area contributed by atoms with Gasteiger partial charge in [0.1, 0.15) is 0 Å². The summed E-state index contributed by atoms with van der Waals surface area (Å²) in [5, 5.41) is 16.8. The van der Waals surface area contributed by atoms with E-state index in [1.54, 1.807) is 0 Å². The van der Waals surface area contributed by atoms with Crippen molar-refractivity contribution in [1.29, 1.82) is 0 Å². The van der Waals surface area contributed by atoms with Crippen molar-refractivity contribution in [2.24, 2.45) is 11.8 Å². The van der Waals surface area contributed by atoms with E-state index in [1.807, 2.05) is 0 Å². The van der Waals surface area contributed by atoms with E-state index >= 15 is 0 Å². The molecule has 0 aliphatic heterocycles. The lowest BCUT2D eigenvalue weighted by Gasteiger charge is -2.02. The monoisotopic (exact) mass is 316 g/mol. The Bertz CT molecular complexity index is 225. The van der Waals surface area contributed by atoms with Crippen LogP contribution in [-0.2, 0) is 4.79 Å². The van der Waals surface area contributed by atoms with Crippen molar-refractivity contribution in [1.82, 2.24) is 0 Å². The van der Waals surface area contributed by atoms with E-state index in [9.17, 15) is 4.79 Å². The van der Waals surface area contributed by atoms with Crippen LogP contribution in [0, 0.1) is 11.8 Å². The molecule has 0 radical (unpaired) electrons. The molecular formula is C19H40O3. The Labute approximate surface area is 138 Å². The van der Waals surface area contributed by atoms with Gasteiger partial charge in [-0.3, -0.25) is 4.79 Å². The van der Waals surface area contributed by atoms with Crippen LogP contribution in [0.25, 0.3) is 0 Å². The third-order valence-electron chi connectivity index (χ3n) is 3.61. The van der Waals surface area contributed by atoms with Gasteiger partial charge in [-0.25, -0.2) is 0 Å². The average molecular weight is 317 g/mol. The minimum absolute atomic E-state index is 0.335. The summed E-state index contributed by atoms with van der Waals surface area (Å²) in [6.45, 7) is 9.31. The molecule has 0 aromatic carbocycles. The topological polar surface area (TPSA) is 57.5 Å². The fraction of sp³-hybridized carbons (Fsp3) is 0.947. The second kappa shape index (κ2) is 18.5. The van der Waals surface area contributed by atoms with Crippen LogP contribution < -0.4 is 0 Å². The molecule has 0 aromatic heterocycles. The van der Waals surface area contributed by atoms with E-state index in [4.69, 9.17) is 10.2 Å². The van der Waals surface area contributed by atoms with Crippen LogP contribution in [0.4, 0.5) is 0 Å². The molecule has 0 heterocycles. The highest BCUT2D eigenvalue weighted by Gasteiger charge is 1.97. The molecule has 0 saturated heterocycles. The molecule has 0 fully saturated rings. The highest BCUT2D eigenvalue weighted by molar-refractivity contribution is 5.66. The minimum Gasteiger partial charge on any atom is -0.481 e. The molecule has 0 rings (SSSR count). The van der Waals surface area contributed by atoms with E-state index < -0.39 is 5.97 Å². The van der Waals surface area contributed by atoms with Gasteiger partial charge in [-0.05, 0) is 24.7 Å². The summed E-state index contributed by atoms with van der Waals surface area (Å²) < 4.78 is 0. The number of aliphatic hydroxyl groups is 1. The maximum Gasteiger partial charge on any atom is 0.303 e. The van der Waals surface area contributed by atoms with Crippen LogP contribution in [0.2, 0.25) is 0 Å². The first-order chi connectivity index (χ1) is 10.4. The van der Waals surface area contributed by atoms with Gasteiger partial charge < -0.3 is 10.2 Å². The summed E-state index contributed by atoms with van der Waals surface area (Å²) in [5.74, 6) is 0.956. The van der Waals surface area contributed by atoms with Gasteiger partial charge in [0, 0.05) is 13.0 Å². The van der Waals surface area contributed by atoms with Crippen molar-refractivity contribution in [3.05, 3.63) is 0 Å². The quantitative estimate of drug-likeness (QED) is 0.431. The Morgan fingerprint density at radius 1 is 0.727 bits per heavy atom. The number of carboxylic acids is 1. The summed E-state index contributed by atoms with van der Waals surface area (Å²) in [5.41, 5.74) is 0. The third kappa shape index (κ3) is 27.7. The lowest BCUT2D eigenvalue weighted by molar-refractivity contribution is -0.137. The maximum atomic E-state index is 10.1. The number of carboxylic acid groups (broad SMARTS) is 1. The molecule has 3 nitrogen and oxygen atoms in total. The highest BCUT2D eigenvalue weighted by Crippen LogP contribution is 2.10. The molecule has 0 atom stereocenters. The highest BCUT2D eigenvalue weighted by atomic mass is 16.4. The Morgan fingerprint density at radius 2 is 1.14 bits per heavy atom. The van der Waals surface area contributed by atoms with E-state index in [0.717, 1.165) is 31.1 Å². The van der Waals surface area contributed by atoms with Gasteiger partial charge in [0.2, 0.25) is 0 Å². The Morgan fingerprint density at radius 3 is 1.50 bits per heavy atom. The van der Waals surface area contributed by atoms with Crippen molar-refractivity contribution in [3.63, 3.8) is 0 Å². The number of hydrogen-bond acceptors (Lipinski definition) is 2. The number of carbonyl (C=O) groups is 1. The molecule has 0 saturated carbocycles. The zero-order chi connectivity index (χ0) is 17.2. The predicted octanol–water partition coefficient (Wildman–Crippen LogP) is 5.65. The predicted molar refractivity (Wildman–Crippen MR) is 95.2 cm³/mol. The normalized spacial score (nSPS) is 10.7. The molecule has 0 bridgehead atoms. The largest absolute Gasteiger partial charge is 0.481 e. The summed E-state index contributed by atoms with van der Waals surface area (Å²) in [7, 11) is 0. The Hall–Kier alpha value is -0.570. The molecular weight excluding hydrogens is 276 g/mol. The van der Waals surface area contributed by atoms with Gasteiger partial charge in [-0.15, -0.1) is 0 Å². The number of aliphatic carboxylic acids is 1. The number of hydrogen-bond donors (Lipinski definition) is 2. The second-order valence-corrected chi connectivity index (χ2v) is 7.06. The van der Waals surface area contributed by atoms with E-state index in [2.05, 4.69) is 27.7 Å². The third-order valence-corrected chi connectivity index (χ3v) is 3.61. The molecule has 3 heteroatoms. The zero-order valence-electron chi connectivity index (χ0n) is 15.4. The van der Waals surface area contributed by atoms with Crippen LogP contribution >= 0.6 is 0 Å². The molecule has 0 unspecified atom stereocenters. The second-order valence-electron chi connectivity index (χ2n) is 7.06. The van der Waals surface area contributed by atoms with Gasteiger partial charge in [0.15, 0.2) is 0 Å². The number of aliphatic hydroxyl groups excluding tert-OH is 1. The summed E-state index contributed by atoms with van der Waals surface area (Å²) >= 11 is 0. The van der Waals surface area contributed by atoms with Gasteiger partial charge in [-0.1, -0.05) is 79.1 Å². The average Bonchev–Trinajstić information content (AvgIpc) is 2.42. The molecule has 134 valence electrons. The van der Waals surface area contributed by atoms with E-state index in [-0.39, 0.29) is 0 Å². The number of unbranched alkanes of at least 4 members (excludes halogenated alkanes) is 6. The Kier molecular flexibility index (Phi) is 19.9. The number of rotatable bonds is 13. The molecule has 0 aromatic rings. The van der Waals surface area contributed by atoms with Crippen molar-refractivity contribution in [3.8, 4) is 0 Å². The molecule has 0 aliphatic rings. The van der Waals surface area contributed by atoms with Crippen LogP contribution in [0.5, 0.6) is 0 Å². The van der Waals surface area contributed by atoms with Crippen molar-refractivity contribution < 1.29 is 15.0 Å². The molecule has 0 spiro atoms. The Balaban J connectivity index is 0. The standard InChI is InChI=1S/C10H20O2.C9H20O/c1-9(2)7-5-3-4-6-8-10(11)12;1-9(2)7-5-3-4-6-8-10/h9H,3-8H2,1-2H3,(H,11,12);9-10H,3-8H2,1-2H3. The fourth-order valence-electron chi connectivity index (χ4n) is 2.20. The van der Waals surface area contributed by atoms with Gasteiger partial charge in [-0.2, -0.15) is 0 Å². The van der Waals surface area contributed by atoms with Crippen LogP contribution in [0.15, 0.2) is 0 Å². The van der Waals surface area contributed by atoms with Crippen LogP contribution in [0.1, 0.15) is 98.3 Å². The van der Waals surface area contributed by atoms with E-state index in [0.29, 0.717) is 13.0 Å². The van der Waals surface area contributed by atoms with Gasteiger partial charge >= 0.3 is 5.97 Å². The first kappa shape index (κ1) is 23.7. The van der Waals surface area contributed by atoms with Crippen LogP contribution in [-0.4, -0.2) is 22.8 Å². The first-order valence-electron chi connectivity index (χ1n) is 9.22. The van der Waals surface area contributed by atoms with Crippen molar-refractivity contribution in [2.75, 3.05) is 6.61 Å².